The highest BCUT2D eigenvalue weighted by Gasteiger charge is 2.18. The number of nitrogens with two attached hydrogens (primary N) is 1. The predicted octanol–water partition coefficient (Wildman–Crippen LogP) is -0.172. The number of hydrogen-bond acceptors (Lipinski definition) is 6. The zero-order valence-electron chi connectivity index (χ0n) is 10.4. The van der Waals surface area contributed by atoms with Gasteiger partial charge in [-0.3, -0.25) is 0 Å². The summed E-state index contributed by atoms with van der Waals surface area (Å²) in [5.74, 6) is 0.276. The smallest absolute Gasteiger partial charge is 0.242 e. The van der Waals surface area contributed by atoms with Crippen LogP contribution >= 0.6 is 0 Å². The van der Waals surface area contributed by atoms with Crippen LogP contribution < -0.4 is 10.5 Å². The fourth-order valence-electron chi connectivity index (χ4n) is 1.65. The number of aryl methyl sites for hydroxylation is 1. The molecule has 0 aliphatic heterocycles. The summed E-state index contributed by atoms with van der Waals surface area (Å²) in [7, 11) is -3.61. The summed E-state index contributed by atoms with van der Waals surface area (Å²) < 4.78 is 32.9. The summed E-state index contributed by atoms with van der Waals surface area (Å²) in [6.07, 6.45) is 2.70. The van der Waals surface area contributed by atoms with E-state index in [9.17, 15) is 8.42 Å². The van der Waals surface area contributed by atoms with Crippen molar-refractivity contribution in [3.05, 3.63) is 30.2 Å². The van der Waals surface area contributed by atoms with Gasteiger partial charge in [0.15, 0.2) is 5.82 Å². The molecule has 0 saturated carbocycles. The first-order chi connectivity index (χ1) is 9.06. The Kier molecular flexibility index (Phi) is 3.98. The molecule has 0 fully saturated rings. The van der Waals surface area contributed by atoms with Gasteiger partial charge in [0.25, 0.3) is 0 Å². The summed E-state index contributed by atoms with van der Waals surface area (Å²) in [6.45, 7) is 2.84. The SMILES string of the molecule is CCn1cc(S(=O)(=O)NCc2ncon2)cc1CN. The van der Waals surface area contributed by atoms with Crippen molar-refractivity contribution < 1.29 is 12.9 Å². The van der Waals surface area contributed by atoms with Crippen molar-refractivity contribution in [1.82, 2.24) is 19.4 Å². The Morgan fingerprint density at radius 1 is 1.53 bits per heavy atom. The summed E-state index contributed by atoms with van der Waals surface area (Å²) in [5.41, 5.74) is 6.33. The Morgan fingerprint density at radius 2 is 2.32 bits per heavy atom. The van der Waals surface area contributed by atoms with Gasteiger partial charge in [-0.15, -0.1) is 0 Å². The van der Waals surface area contributed by atoms with E-state index < -0.39 is 10.0 Å². The summed E-state index contributed by atoms with van der Waals surface area (Å²) >= 11 is 0. The van der Waals surface area contributed by atoms with E-state index in [4.69, 9.17) is 5.73 Å². The molecule has 8 nitrogen and oxygen atoms in total. The van der Waals surface area contributed by atoms with E-state index in [1.807, 2.05) is 6.92 Å². The van der Waals surface area contributed by atoms with Gasteiger partial charge in [0.05, 0.1) is 11.4 Å². The van der Waals surface area contributed by atoms with Crippen LogP contribution in [0.2, 0.25) is 0 Å². The van der Waals surface area contributed by atoms with E-state index in [2.05, 4.69) is 19.4 Å². The Morgan fingerprint density at radius 3 is 2.84 bits per heavy atom. The quantitative estimate of drug-likeness (QED) is 0.761. The minimum atomic E-state index is -3.61. The highest BCUT2D eigenvalue weighted by Crippen LogP contribution is 2.14. The van der Waals surface area contributed by atoms with Gasteiger partial charge in [0, 0.05) is 25.0 Å². The zero-order valence-corrected chi connectivity index (χ0v) is 11.2. The molecule has 0 radical (unpaired) electrons. The van der Waals surface area contributed by atoms with Crippen molar-refractivity contribution in [3.8, 4) is 0 Å². The lowest BCUT2D eigenvalue weighted by atomic mass is 10.4. The molecular weight excluding hydrogens is 270 g/mol. The molecule has 0 unspecified atom stereocenters. The zero-order chi connectivity index (χ0) is 13.9. The average Bonchev–Trinajstić information content (AvgIpc) is 3.05. The maximum Gasteiger partial charge on any atom is 0.242 e. The highest BCUT2D eigenvalue weighted by molar-refractivity contribution is 7.89. The maximum atomic E-state index is 12.1. The van der Waals surface area contributed by atoms with Crippen LogP contribution in [0.25, 0.3) is 0 Å². The number of sulfonamides is 1. The lowest BCUT2D eigenvalue weighted by Gasteiger charge is -2.02. The number of nitrogens with one attached hydrogen (secondary N) is 1. The predicted molar refractivity (Wildman–Crippen MR) is 66.3 cm³/mol. The van der Waals surface area contributed by atoms with Crippen LogP contribution in [0.4, 0.5) is 0 Å². The van der Waals surface area contributed by atoms with Crippen LogP contribution in [-0.4, -0.2) is 23.1 Å². The average molecular weight is 285 g/mol. The number of rotatable bonds is 6. The van der Waals surface area contributed by atoms with E-state index in [0.717, 1.165) is 12.1 Å². The van der Waals surface area contributed by atoms with Crippen LogP contribution in [0.1, 0.15) is 18.4 Å². The Balaban J connectivity index is 2.17. The molecule has 0 atom stereocenters. The largest absolute Gasteiger partial charge is 0.349 e. The molecule has 0 bridgehead atoms. The van der Waals surface area contributed by atoms with Crippen LogP contribution in [0.5, 0.6) is 0 Å². The molecule has 2 aromatic rings. The van der Waals surface area contributed by atoms with Gasteiger partial charge in [-0.2, -0.15) is 4.98 Å². The molecule has 104 valence electrons. The molecule has 2 rings (SSSR count). The first-order valence-electron chi connectivity index (χ1n) is 5.71. The van der Waals surface area contributed by atoms with Crippen LogP contribution in [-0.2, 0) is 29.7 Å². The molecular formula is C10H15N5O3S. The van der Waals surface area contributed by atoms with E-state index in [-0.39, 0.29) is 23.8 Å². The van der Waals surface area contributed by atoms with E-state index in [1.165, 1.54) is 0 Å². The maximum absolute atomic E-state index is 12.1. The van der Waals surface area contributed by atoms with Gasteiger partial charge < -0.3 is 14.8 Å². The second-order valence-electron chi connectivity index (χ2n) is 3.83. The van der Waals surface area contributed by atoms with Gasteiger partial charge in [0.2, 0.25) is 16.4 Å². The van der Waals surface area contributed by atoms with Crippen molar-refractivity contribution in [1.29, 1.82) is 0 Å². The van der Waals surface area contributed by atoms with Gasteiger partial charge in [0.1, 0.15) is 0 Å². The molecule has 2 aromatic heterocycles. The Hall–Kier alpha value is -1.71. The second-order valence-corrected chi connectivity index (χ2v) is 5.60. The van der Waals surface area contributed by atoms with Gasteiger partial charge >= 0.3 is 0 Å². The van der Waals surface area contributed by atoms with Crippen molar-refractivity contribution in [2.24, 2.45) is 5.73 Å². The monoisotopic (exact) mass is 285 g/mol. The summed E-state index contributed by atoms with van der Waals surface area (Å²) in [5, 5.41) is 3.53. The molecule has 2 heterocycles. The second kappa shape index (κ2) is 5.51. The standard InChI is InChI=1S/C10H15N5O3S/c1-2-15-6-9(3-8(15)4-11)19(16,17)13-5-10-12-7-18-14-10/h3,6-7,13H,2,4-5,11H2,1H3. The van der Waals surface area contributed by atoms with E-state index in [1.54, 1.807) is 16.8 Å². The molecule has 0 aliphatic carbocycles. The Bertz CT molecular complexity index is 611. The molecule has 0 saturated heterocycles. The third kappa shape index (κ3) is 3.00. The lowest BCUT2D eigenvalue weighted by molar-refractivity contribution is 0.409. The van der Waals surface area contributed by atoms with Crippen LogP contribution in [0, 0.1) is 0 Å². The van der Waals surface area contributed by atoms with E-state index in [0.29, 0.717) is 6.54 Å². The van der Waals surface area contributed by atoms with Gasteiger partial charge in [-0.25, -0.2) is 13.1 Å². The minimum absolute atomic E-state index is 0.0197. The van der Waals surface area contributed by atoms with Crippen molar-refractivity contribution in [2.75, 3.05) is 0 Å². The van der Waals surface area contributed by atoms with Gasteiger partial charge in [-0.1, -0.05) is 5.16 Å². The molecule has 0 aromatic carbocycles. The molecule has 0 aliphatic rings. The van der Waals surface area contributed by atoms with Crippen LogP contribution in [0.3, 0.4) is 0 Å². The molecule has 9 heteroatoms. The Labute approximate surface area is 110 Å². The topological polar surface area (TPSA) is 116 Å². The normalized spacial score (nSPS) is 11.9. The fraction of sp³-hybridized carbons (Fsp3) is 0.400. The number of nitrogens with zero attached hydrogens (tertiary/aromatic N) is 3. The highest BCUT2D eigenvalue weighted by atomic mass is 32.2. The van der Waals surface area contributed by atoms with E-state index >= 15 is 0 Å². The van der Waals surface area contributed by atoms with Crippen molar-refractivity contribution in [3.63, 3.8) is 0 Å². The minimum Gasteiger partial charge on any atom is -0.349 e. The lowest BCUT2D eigenvalue weighted by Crippen LogP contribution is -2.23. The molecule has 19 heavy (non-hydrogen) atoms. The third-order valence-electron chi connectivity index (χ3n) is 2.65. The van der Waals surface area contributed by atoms with Crippen molar-refractivity contribution >= 4 is 10.0 Å². The number of hydrogen-bond donors (Lipinski definition) is 2. The number of aromatic nitrogens is 3. The van der Waals surface area contributed by atoms with Gasteiger partial charge in [-0.05, 0) is 13.0 Å². The summed E-state index contributed by atoms with van der Waals surface area (Å²) in [4.78, 5) is 3.92. The third-order valence-corrected chi connectivity index (χ3v) is 4.02. The summed E-state index contributed by atoms with van der Waals surface area (Å²) in [6, 6.07) is 1.56. The van der Waals surface area contributed by atoms with Crippen molar-refractivity contribution in [2.45, 2.75) is 31.5 Å². The fourth-order valence-corrected chi connectivity index (χ4v) is 2.69. The first-order valence-corrected chi connectivity index (χ1v) is 7.19. The van der Waals surface area contributed by atoms with Crippen LogP contribution in [0.15, 0.2) is 28.1 Å². The molecule has 0 amide bonds. The molecule has 3 N–H and O–H groups in total. The first kappa shape index (κ1) is 13.7. The molecule has 0 spiro atoms.